The number of nitrogens with one attached hydrogen (secondary N) is 1. The summed E-state index contributed by atoms with van der Waals surface area (Å²) in [5, 5.41) is 13.2. The summed E-state index contributed by atoms with van der Waals surface area (Å²) < 4.78 is 32.7. The van der Waals surface area contributed by atoms with Gasteiger partial charge in [-0.25, -0.2) is 4.79 Å². The van der Waals surface area contributed by atoms with Gasteiger partial charge in [0.15, 0.2) is 0 Å². The molecule has 0 radical (unpaired) electrons. The van der Waals surface area contributed by atoms with Crippen molar-refractivity contribution in [1.82, 2.24) is 5.32 Å². The van der Waals surface area contributed by atoms with Crippen molar-refractivity contribution in [2.45, 2.75) is 5.92 Å². The van der Waals surface area contributed by atoms with E-state index < -0.39 is 28.3 Å². The van der Waals surface area contributed by atoms with Crippen LogP contribution in [-0.2, 0) is 4.74 Å². The van der Waals surface area contributed by atoms with Crippen LogP contribution >= 0.6 is 0 Å². The molecule has 1 aliphatic carbocycles. The van der Waals surface area contributed by atoms with Crippen LogP contribution in [0.15, 0.2) is 66.7 Å². The van der Waals surface area contributed by atoms with E-state index >= 15 is 0 Å². The van der Waals surface area contributed by atoms with Crippen molar-refractivity contribution in [3.8, 4) is 11.1 Å². The van der Waals surface area contributed by atoms with Gasteiger partial charge in [0.05, 0.1) is 4.92 Å². The van der Waals surface area contributed by atoms with E-state index in [2.05, 4.69) is 5.32 Å². The number of nitrogens with zero attached hydrogens (tertiary/aromatic N) is 1. The maximum Gasteiger partial charge on any atom is 0.407 e. The van der Waals surface area contributed by atoms with Crippen LogP contribution in [0.2, 0.25) is 0 Å². The van der Waals surface area contributed by atoms with Crippen molar-refractivity contribution >= 4 is 17.9 Å². The summed E-state index contributed by atoms with van der Waals surface area (Å²) in [5.74, 6) is -2.59. The lowest BCUT2D eigenvalue weighted by Crippen LogP contribution is -2.26. The van der Waals surface area contributed by atoms with Crippen LogP contribution in [0.3, 0.4) is 0 Å². The molecule has 4 rings (SSSR count). The number of halogens is 2. The van der Waals surface area contributed by atoms with Gasteiger partial charge in [-0.05, 0) is 39.9 Å². The van der Waals surface area contributed by atoms with E-state index in [9.17, 15) is 23.7 Å². The second-order valence-electron chi connectivity index (χ2n) is 7.20. The average molecular weight is 436 g/mol. The smallest absolute Gasteiger partial charge is 0.407 e. The minimum absolute atomic E-state index is 0.0525. The number of alkyl carbamates (subject to hydrolysis) is 1. The predicted octanol–water partition coefficient (Wildman–Crippen LogP) is 5.42. The van der Waals surface area contributed by atoms with Crippen molar-refractivity contribution in [3.05, 3.63) is 105 Å². The van der Waals surface area contributed by atoms with Gasteiger partial charge in [0, 0.05) is 12.5 Å². The number of hydrogen-bond acceptors (Lipinski definition) is 4. The zero-order valence-corrected chi connectivity index (χ0v) is 16.8. The van der Waals surface area contributed by atoms with Gasteiger partial charge >= 0.3 is 11.8 Å². The van der Waals surface area contributed by atoms with E-state index in [0.717, 1.165) is 34.4 Å². The predicted molar refractivity (Wildman–Crippen MR) is 115 cm³/mol. The van der Waals surface area contributed by atoms with E-state index in [1.165, 1.54) is 12.2 Å². The summed E-state index contributed by atoms with van der Waals surface area (Å²) in [4.78, 5) is 21.6. The van der Waals surface area contributed by atoms with Gasteiger partial charge in [0.25, 0.3) is 0 Å². The Morgan fingerprint density at radius 2 is 1.59 bits per heavy atom. The zero-order chi connectivity index (χ0) is 22.7. The fourth-order valence-electron chi connectivity index (χ4n) is 3.84. The number of ether oxygens (including phenoxy) is 1. The highest BCUT2D eigenvalue weighted by atomic mass is 19.1. The largest absolute Gasteiger partial charge is 0.449 e. The first-order valence-electron chi connectivity index (χ1n) is 9.84. The molecule has 0 atom stereocenters. The molecule has 0 saturated carbocycles. The fourth-order valence-corrected chi connectivity index (χ4v) is 3.84. The first-order chi connectivity index (χ1) is 15.5. The van der Waals surface area contributed by atoms with Crippen molar-refractivity contribution < 1.29 is 23.2 Å². The fraction of sp³-hybridized carbons (Fsp3) is 0.125. The summed E-state index contributed by atoms with van der Waals surface area (Å²) in [6.45, 7) is 0.221. The minimum Gasteiger partial charge on any atom is -0.449 e. The number of rotatable bonds is 6. The van der Waals surface area contributed by atoms with Crippen LogP contribution < -0.4 is 5.32 Å². The summed E-state index contributed by atoms with van der Waals surface area (Å²) >= 11 is 0. The summed E-state index contributed by atoms with van der Waals surface area (Å²) in [6, 6.07) is 17.7. The van der Waals surface area contributed by atoms with Gasteiger partial charge in [-0.15, -0.1) is 0 Å². The number of benzene rings is 3. The third kappa shape index (κ3) is 4.20. The molecule has 0 aliphatic heterocycles. The molecule has 1 N–H and O–H groups in total. The molecule has 3 aromatic carbocycles. The van der Waals surface area contributed by atoms with Crippen LogP contribution in [0.5, 0.6) is 0 Å². The highest BCUT2D eigenvalue weighted by molar-refractivity contribution is 5.79. The maximum absolute atomic E-state index is 13.7. The summed E-state index contributed by atoms with van der Waals surface area (Å²) in [5.41, 5.74) is 3.36. The SMILES string of the molecule is O=C(NCC=Cc1cc(F)c([N+](=O)[O-])c(F)c1)OCC1c2ccccc2-c2ccccc21. The second-order valence-corrected chi connectivity index (χ2v) is 7.20. The minimum atomic E-state index is -1.26. The molecule has 6 nitrogen and oxygen atoms in total. The number of hydrogen-bond donors (Lipinski definition) is 1. The Morgan fingerprint density at radius 1 is 1.03 bits per heavy atom. The van der Waals surface area contributed by atoms with Gasteiger partial charge in [0.1, 0.15) is 6.61 Å². The Morgan fingerprint density at radius 3 is 2.16 bits per heavy atom. The Balaban J connectivity index is 1.33. The number of carbonyl (C=O) groups excluding carboxylic acids is 1. The summed E-state index contributed by atoms with van der Waals surface area (Å²) in [7, 11) is 0. The number of carbonyl (C=O) groups is 1. The molecule has 0 aromatic heterocycles. The van der Waals surface area contributed by atoms with Crippen molar-refractivity contribution in [2.75, 3.05) is 13.2 Å². The van der Waals surface area contributed by atoms with Crippen LogP contribution in [0.4, 0.5) is 19.3 Å². The van der Waals surface area contributed by atoms with Gasteiger partial charge in [-0.3, -0.25) is 10.1 Å². The second kappa shape index (κ2) is 8.97. The van der Waals surface area contributed by atoms with E-state index in [-0.39, 0.29) is 24.6 Å². The Bertz CT molecular complexity index is 1160. The molecule has 1 aliphatic rings. The van der Waals surface area contributed by atoms with Gasteiger partial charge in [-0.2, -0.15) is 8.78 Å². The lowest BCUT2D eigenvalue weighted by atomic mass is 9.98. The van der Waals surface area contributed by atoms with Crippen molar-refractivity contribution in [3.63, 3.8) is 0 Å². The average Bonchev–Trinajstić information content (AvgIpc) is 3.08. The molecule has 0 spiro atoms. The topological polar surface area (TPSA) is 81.5 Å². The maximum atomic E-state index is 13.7. The Labute approximate surface area is 182 Å². The molecule has 0 bridgehead atoms. The third-order valence-corrected chi connectivity index (χ3v) is 5.24. The van der Waals surface area contributed by atoms with E-state index in [1.807, 2.05) is 48.5 Å². The molecule has 32 heavy (non-hydrogen) atoms. The molecule has 162 valence electrons. The van der Waals surface area contributed by atoms with E-state index in [1.54, 1.807) is 0 Å². The quantitative estimate of drug-likeness (QED) is 0.413. The van der Waals surface area contributed by atoms with Crippen molar-refractivity contribution in [1.29, 1.82) is 0 Å². The molecule has 3 aromatic rings. The van der Waals surface area contributed by atoms with E-state index in [0.29, 0.717) is 0 Å². The van der Waals surface area contributed by atoms with Crippen LogP contribution in [0.1, 0.15) is 22.6 Å². The van der Waals surface area contributed by atoms with Gasteiger partial charge in [-0.1, -0.05) is 60.7 Å². The van der Waals surface area contributed by atoms with Crippen molar-refractivity contribution in [2.24, 2.45) is 0 Å². The molecule has 0 heterocycles. The standard InChI is InChI=1S/C24H18F2N2O4/c25-21-12-15(13-22(26)23(21)28(30)31)6-5-11-27-24(29)32-14-20-18-9-3-1-7-16(18)17-8-2-4-10-19(17)20/h1-10,12-13,20H,11,14H2,(H,27,29). The normalized spacial score (nSPS) is 12.4. The van der Waals surface area contributed by atoms with Crippen LogP contribution in [-0.4, -0.2) is 24.2 Å². The first kappa shape index (κ1) is 21.2. The molecule has 0 fully saturated rings. The lowest BCUT2D eigenvalue weighted by molar-refractivity contribution is -0.390. The van der Waals surface area contributed by atoms with Crippen LogP contribution in [0, 0.1) is 21.7 Å². The number of amides is 1. The number of nitro groups is 1. The molecule has 0 unspecified atom stereocenters. The van der Waals surface area contributed by atoms with Gasteiger partial charge < -0.3 is 10.1 Å². The molecular weight excluding hydrogens is 418 g/mol. The van der Waals surface area contributed by atoms with Crippen LogP contribution in [0.25, 0.3) is 17.2 Å². The Hall–Kier alpha value is -4.07. The lowest BCUT2D eigenvalue weighted by Gasteiger charge is -2.14. The first-order valence-corrected chi connectivity index (χ1v) is 9.84. The molecular formula is C24H18F2N2O4. The zero-order valence-electron chi connectivity index (χ0n) is 16.8. The number of nitro benzene ring substituents is 1. The van der Waals surface area contributed by atoms with E-state index in [4.69, 9.17) is 4.74 Å². The highest BCUT2D eigenvalue weighted by Crippen LogP contribution is 2.44. The molecule has 0 saturated heterocycles. The highest BCUT2D eigenvalue weighted by Gasteiger charge is 2.29. The number of fused-ring (bicyclic) bond motifs is 3. The van der Waals surface area contributed by atoms with Gasteiger partial charge in [0.2, 0.25) is 11.6 Å². The summed E-state index contributed by atoms with van der Waals surface area (Å²) in [6.07, 6.45) is 2.18. The Kier molecular flexibility index (Phi) is 5.93. The third-order valence-electron chi connectivity index (χ3n) is 5.24. The molecule has 8 heteroatoms. The monoisotopic (exact) mass is 436 g/mol. The molecule has 1 amide bonds.